The number of halogens is 2. The third-order valence-electron chi connectivity index (χ3n) is 2.38. The van der Waals surface area contributed by atoms with E-state index in [1.807, 2.05) is 13.8 Å². The molecule has 0 saturated carbocycles. The van der Waals surface area contributed by atoms with Gasteiger partial charge in [-0.05, 0) is 26.0 Å². The third kappa shape index (κ3) is 3.41. The van der Waals surface area contributed by atoms with Crippen LogP contribution in [0.3, 0.4) is 0 Å². The Hall–Kier alpha value is -1.65. The van der Waals surface area contributed by atoms with Crippen molar-refractivity contribution >= 4 is 5.91 Å². The van der Waals surface area contributed by atoms with Crippen LogP contribution >= 0.6 is 0 Å². The van der Waals surface area contributed by atoms with E-state index in [1.54, 1.807) is 17.0 Å². The van der Waals surface area contributed by atoms with Gasteiger partial charge in [0.25, 0.3) is 5.91 Å². The molecule has 3 nitrogen and oxygen atoms in total. The van der Waals surface area contributed by atoms with E-state index in [4.69, 9.17) is 0 Å². The predicted octanol–water partition coefficient (Wildman–Crippen LogP) is 2.77. The van der Waals surface area contributed by atoms with Gasteiger partial charge in [-0.1, -0.05) is 12.1 Å². The Bertz CT molecular complexity index is 379. The summed E-state index contributed by atoms with van der Waals surface area (Å²) in [5.74, 6) is -0.384. The Morgan fingerprint density at radius 1 is 1.29 bits per heavy atom. The van der Waals surface area contributed by atoms with Gasteiger partial charge in [0, 0.05) is 13.1 Å². The van der Waals surface area contributed by atoms with Crippen molar-refractivity contribution in [2.45, 2.75) is 20.5 Å². The molecule has 0 unspecified atom stereocenters. The minimum atomic E-state index is -2.93. The first kappa shape index (κ1) is 13.4. The van der Waals surface area contributed by atoms with Gasteiger partial charge >= 0.3 is 6.61 Å². The summed E-state index contributed by atoms with van der Waals surface area (Å²) in [6, 6.07) is 6.02. The third-order valence-corrected chi connectivity index (χ3v) is 2.38. The van der Waals surface area contributed by atoms with Gasteiger partial charge in [-0.2, -0.15) is 8.78 Å². The van der Waals surface area contributed by atoms with E-state index in [-0.39, 0.29) is 17.2 Å². The molecule has 1 aromatic carbocycles. The molecule has 1 amide bonds. The second kappa shape index (κ2) is 6.18. The second-order valence-corrected chi connectivity index (χ2v) is 3.35. The first-order valence-corrected chi connectivity index (χ1v) is 5.43. The van der Waals surface area contributed by atoms with Crippen LogP contribution in [0.25, 0.3) is 0 Å². The molecular weight excluding hydrogens is 228 g/mol. The van der Waals surface area contributed by atoms with Crippen molar-refractivity contribution in [3.8, 4) is 5.75 Å². The number of hydrogen-bond acceptors (Lipinski definition) is 2. The smallest absolute Gasteiger partial charge is 0.387 e. The molecule has 0 N–H and O–H groups in total. The molecule has 0 fully saturated rings. The molecule has 1 rings (SSSR count). The molecule has 0 aromatic heterocycles. The van der Waals surface area contributed by atoms with E-state index in [1.165, 1.54) is 12.1 Å². The molecule has 0 spiro atoms. The van der Waals surface area contributed by atoms with E-state index >= 15 is 0 Å². The number of hydrogen-bond donors (Lipinski definition) is 0. The highest BCUT2D eigenvalue weighted by Gasteiger charge is 2.18. The molecule has 0 aliphatic rings. The first-order valence-electron chi connectivity index (χ1n) is 5.43. The highest BCUT2D eigenvalue weighted by molar-refractivity contribution is 5.96. The summed E-state index contributed by atoms with van der Waals surface area (Å²) in [5, 5.41) is 0. The van der Waals surface area contributed by atoms with Crippen LogP contribution in [0.4, 0.5) is 8.78 Å². The summed E-state index contributed by atoms with van der Waals surface area (Å²) in [6.07, 6.45) is 0. The van der Waals surface area contributed by atoms with Crippen molar-refractivity contribution in [3.63, 3.8) is 0 Å². The molecule has 0 atom stereocenters. The fourth-order valence-electron chi connectivity index (χ4n) is 1.52. The molecular formula is C12H15F2NO2. The Kier molecular flexibility index (Phi) is 4.87. The average molecular weight is 243 g/mol. The molecule has 17 heavy (non-hydrogen) atoms. The number of carbonyl (C=O) groups is 1. The van der Waals surface area contributed by atoms with Crippen LogP contribution in [0.15, 0.2) is 24.3 Å². The van der Waals surface area contributed by atoms with Gasteiger partial charge in [-0.3, -0.25) is 4.79 Å². The maximum Gasteiger partial charge on any atom is 0.387 e. The quantitative estimate of drug-likeness (QED) is 0.795. The van der Waals surface area contributed by atoms with E-state index in [9.17, 15) is 13.6 Å². The van der Waals surface area contributed by atoms with E-state index < -0.39 is 6.61 Å². The highest BCUT2D eigenvalue weighted by atomic mass is 19.3. The molecule has 0 bridgehead atoms. The van der Waals surface area contributed by atoms with Gasteiger partial charge in [0.1, 0.15) is 5.75 Å². The number of benzene rings is 1. The summed E-state index contributed by atoms with van der Waals surface area (Å²) in [7, 11) is 0. The molecule has 94 valence electrons. The standard InChI is InChI=1S/C12H15F2NO2/c1-3-15(4-2)11(16)9-7-5-6-8-10(9)17-12(13)14/h5-8,12H,3-4H2,1-2H3. The first-order chi connectivity index (χ1) is 8.10. The molecule has 5 heteroatoms. The molecule has 0 heterocycles. The van der Waals surface area contributed by atoms with Crippen molar-refractivity contribution < 1.29 is 18.3 Å². The second-order valence-electron chi connectivity index (χ2n) is 3.35. The van der Waals surface area contributed by atoms with E-state index in [2.05, 4.69) is 4.74 Å². The van der Waals surface area contributed by atoms with Crippen molar-refractivity contribution in [2.75, 3.05) is 13.1 Å². The van der Waals surface area contributed by atoms with Crippen molar-refractivity contribution in [1.82, 2.24) is 4.90 Å². The minimum Gasteiger partial charge on any atom is -0.434 e. The number of para-hydroxylation sites is 1. The number of alkyl halides is 2. The van der Waals surface area contributed by atoms with Gasteiger partial charge in [0.05, 0.1) is 5.56 Å². The summed E-state index contributed by atoms with van der Waals surface area (Å²) < 4.78 is 28.7. The largest absolute Gasteiger partial charge is 0.434 e. The Morgan fingerprint density at radius 2 is 1.88 bits per heavy atom. The fourth-order valence-corrected chi connectivity index (χ4v) is 1.52. The number of nitrogens with zero attached hydrogens (tertiary/aromatic N) is 1. The number of amides is 1. The number of carbonyl (C=O) groups excluding carboxylic acids is 1. The van der Waals surface area contributed by atoms with Gasteiger partial charge in [-0.25, -0.2) is 0 Å². The van der Waals surface area contributed by atoms with E-state index in [0.29, 0.717) is 13.1 Å². The van der Waals surface area contributed by atoms with Crippen molar-refractivity contribution in [2.24, 2.45) is 0 Å². The molecule has 1 aromatic rings. The van der Waals surface area contributed by atoms with Gasteiger partial charge in [0.2, 0.25) is 0 Å². The number of rotatable bonds is 5. The zero-order chi connectivity index (χ0) is 12.8. The zero-order valence-corrected chi connectivity index (χ0v) is 9.82. The van der Waals surface area contributed by atoms with E-state index in [0.717, 1.165) is 0 Å². The van der Waals surface area contributed by atoms with Crippen LogP contribution in [0.2, 0.25) is 0 Å². The fraction of sp³-hybridized carbons (Fsp3) is 0.417. The average Bonchev–Trinajstić information content (AvgIpc) is 2.30. The lowest BCUT2D eigenvalue weighted by Crippen LogP contribution is -2.30. The normalized spacial score (nSPS) is 10.4. The summed E-state index contributed by atoms with van der Waals surface area (Å²) in [4.78, 5) is 13.6. The summed E-state index contributed by atoms with van der Waals surface area (Å²) in [6.45, 7) is 1.78. The molecule has 0 aliphatic carbocycles. The van der Waals surface area contributed by atoms with Crippen LogP contribution in [0.1, 0.15) is 24.2 Å². The maximum absolute atomic E-state index is 12.2. The van der Waals surface area contributed by atoms with Crippen molar-refractivity contribution in [1.29, 1.82) is 0 Å². The van der Waals surface area contributed by atoms with Crippen molar-refractivity contribution in [3.05, 3.63) is 29.8 Å². The van der Waals surface area contributed by atoms with Gasteiger partial charge in [0.15, 0.2) is 0 Å². The molecule has 0 saturated heterocycles. The van der Waals surface area contributed by atoms with Crippen LogP contribution in [0.5, 0.6) is 5.75 Å². The lowest BCUT2D eigenvalue weighted by molar-refractivity contribution is -0.0502. The van der Waals surface area contributed by atoms with Crippen LogP contribution in [0, 0.1) is 0 Å². The summed E-state index contributed by atoms with van der Waals surface area (Å²) in [5.41, 5.74) is 0.163. The maximum atomic E-state index is 12.2. The Morgan fingerprint density at radius 3 is 2.41 bits per heavy atom. The Balaban J connectivity index is 2.99. The SMILES string of the molecule is CCN(CC)C(=O)c1ccccc1OC(F)F. The lowest BCUT2D eigenvalue weighted by Gasteiger charge is -2.20. The minimum absolute atomic E-state index is 0.0839. The lowest BCUT2D eigenvalue weighted by atomic mass is 10.1. The predicted molar refractivity (Wildman–Crippen MR) is 60.3 cm³/mol. The van der Waals surface area contributed by atoms with Crippen LogP contribution < -0.4 is 4.74 Å². The zero-order valence-electron chi connectivity index (χ0n) is 9.82. The topological polar surface area (TPSA) is 29.5 Å². The van der Waals surface area contributed by atoms with Gasteiger partial charge < -0.3 is 9.64 Å². The monoisotopic (exact) mass is 243 g/mol. The summed E-state index contributed by atoms with van der Waals surface area (Å²) >= 11 is 0. The van der Waals surface area contributed by atoms with Gasteiger partial charge in [-0.15, -0.1) is 0 Å². The Labute approximate surface area is 99.0 Å². The van der Waals surface area contributed by atoms with Crippen LogP contribution in [-0.2, 0) is 0 Å². The molecule has 0 aliphatic heterocycles. The highest BCUT2D eigenvalue weighted by Crippen LogP contribution is 2.21. The molecule has 0 radical (unpaired) electrons. The van der Waals surface area contributed by atoms with Crippen LogP contribution in [-0.4, -0.2) is 30.5 Å². The number of ether oxygens (including phenoxy) is 1.